The van der Waals surface area contributed by atoms with Crippen LogP contribution in [0.1, 0.15) is 46.0 Å². The van der Waals surface area contributed by atoms with E-state index in [2.05, 4.69) is 4.98 Å². The Labute approximate surface area is 146 Å². The number of aromatic amines is 1. The highest BCUT2D eigenvalue weighted by Crippen LogP contribution is 2.21. The van der Waals surface area contributed by atoms with E-state index in [1.54, 1.807) is 13.1 Å². The Balaban J connectivity index is 1.81. The van der Waals surface area contributed by atoms with E-state index >= 15 is 0 Å². The molecule has 0 bridgehead atoms. The number of ether oxygens (including phenoxy) is 1. The first kappa shape index (κ1) is 17.0. The van der Waals surface area contributed by atoms with Crippen molar-refractivity contribution < 1.29 is 14.3 Å². The molecule has 1 N–H and O–H groups in total. The molecule has 2 aromatic heterocycles. The van der Waals surface area contributed by atoms with Crippen LogP contribution in [-0.4, -0.2) is 27.4 Å². The maximum Gasteiger partial charge on any atom is 0.340 e. The number of carbonyl (C=O) groups excluding carboxylic acids is 2. The third-order valence-corrected chi connectivity index (χ3v) is 4.62. The lowest BCUT2D eigenvalue weighted by atomic mass is 10.1. The Morgan fingerprint density at radius 3 is 2.60 bits per heavy atom. The number of ketones is 1. The lowest BCUT2D eigenvalue weighted by molar-refractivity contribution is 0.0318. The Morgan fingerprint density at radius 2 is 1.92 bits per heavy atom. The van der Waals surface area contributed by atoms with E-state index in [1.165, 1.54) is 0 Å². The van der Waals surface area contributed by atoms with Crippen LogP contribution in [0.3, 0.4) is 0 Å². The molecule has 0 unspecified atom stereocenters. The first-order valence-electron chi connectivity index (χ1n) is 8.42. The van der Waals surface area contributed by atoms with Crippen molar-refractivity contribution in [1.82, 2.24) is 9.55 Å². The maximum absolute atomic E-state index is 12.7. The number of H-pyrrole nitrogens is 1. The molecule has 1 aromatic carbocycles. The summed E-state index contributed by atoms with van der Waals surface area (Å²) in [4.78, 5) is 28.3. The summed E-state index contributed by atoms with van der Waals surface area (Å²) >= 11 is 0. The number of carbonyl (C=O) groups is 2. The van der Waals surface area contributed by atoms with Crippen LogP contribution < -0.4 is 0 Å². The van der Waals surface area contributed by atoms with E-state index in [9.17, 15) is 9.59 Å². The van der Waals surface area contributed by atoms with Crippen molar-refractivity contribution in [2.45, 2.75) is 40.3 Å². The molecule has 0 spiro atoms. The lowest BCUT2D eigenvalue weighted by Crippen LogP contribution is -2.24. The predicted molar refractivity (Wildman–Crippen MR) is 97.1 cm³/mol. The van der Waals surface area contributed by atoms with Gasteiger partial charge in [-0.3, -0.25) is 4.79 Å². The van der Waals surface area contributed by atoms with Gasteiger partial charge in [0.25, 0.3) is 0 Å². The number of benzene rings is 1. The quantitative estimate of drug-likeness (QED) is 0.564. The molecular formula is C20H22N2O3. The van der Waals surface area contributed by atoms with Crippen molar-refractivity contribution in [2.24, 2.45) is 0 Å². The fraction of sp³-hybridized carbons (Fsp3) is 0.300. The van der Waals surface area contributed by atoms with Crippen molar-refractivity contribution in [3.8, 4) is 0 Å². The summed E-state index contributed by atoms with van der Waals surface area (Å²) < 4.78 is 7.49. The van der Waals surface area contributed by atoms with E-state index < -0.39 is 12.1 Å². The van der Waals surface area contributed by atoms with Gasteiger partial charge in [0.2, 0.25) is 5.78 Å². The summed E-state index contributed by atoms with van der Waals surface area (Å²) in [6, 6.07) is 9.37. The smallest absolute Gasteiger partial charge is 0.340 e. The SMILES string of the molecule is CCn1c(C)cc(C(=O)O[C@@H](C)C(=O)c2c[nH]c3ccccc23)c1C. The van der Waals surface area contributed by atoms with E-state index in [-0.39, 0.29) is 5.78 Å². The van der Waals surface area contributed by atoms with Gasteiger partial charge >= 0.3 is 5.97 Å². The lowest BCUT2D eigenvalue weighted by Gasteiger charge is -2.12. The number of aryl methyl sites for hydroxylation is 1. The first-order valence-corrected chi connectivity index (χ1v) is 8.42. The number of para-hydroxylation sites is 1. The topological polar surface area (TPSA) is 64.1 Å². The summed E-state index contributed by atoms with van der Waals surface area (Å²) in [6.07, 6.45) is 0.816. The van der Waals surface area contributed by atoms with Gasteiger partial charge in [-0.15, -0.1) is 0 Å². The molecule has 0 amide bonds. The molecule has 1 atom stereocenters. The minimum atomic E-state index is -0.851. The van der Waals surface area contributed by atoms with E-state index in [0.29, 0.717) is 11.1 Å². The maximum atomic E-state index is 12.7. The van der Waals surface area contributed by atoms with Gasteiger partial charge in [-0.1, -0.05) is 18.2 Å². The molecule has 5 heteroatoms. The van der Waals surface area contributed by atoms with E-state index in [0.717, 1.165) is 28.8 Å². The highest BCUT2D eigenvalue weighted by atomic mass is 16.5. The minimum Gasteiger partial charge on any atom is -0.451 e. The molecule has 3 aromatic rings. The third-order valence-electron chi connectivity index (χ3n) is 4.62. The highest BCUT2D eigenvalue weighted by Gasteiger charge is 2.24. The molecule has 130 valence electrons. The number of nitrogens with one attached hydrogen (secondary N) is 1. The second-order valence-corrected chi connectivity index (χ2v) is 6.19. The summed E-state index contributed by atoms with van der Waals surface area (Å²) in [7, 11) is 0. The highest BCUT2D eigenvalue weighted by molar-refractivity contribution is 6.10. The van der Waals surface area contributed by atoms with Crippen LogP contribution in [0, 0.1) is 13.8 Å². The zero-order valence-corrected chi connectivity index (χ0v) is 14.9. The van der Waals surface area contributed by atoms with Gasteiger partial charge in [-0.25, -0.2) is 4.79 Å². The van der Waals surface area contributed by atoms with Crippen LogP contribution in [-0.2, 0) is 11.3 Å². The molecule has 0 aliphatic heterocycles. The molecule has 0 aliphatic carbocycles. The number of fused-ring (bicyclic) bond motifs is 1. The summed E-state index contributed by atoms with van der Waals surface area (Å²) in [5.41, 5.74) is 3.79. The fourth-order valence-electron chi connectivity index (χ4n) is 3.27. The third kappa shape index (κ3) is 2.97. The molecule has 0 saturated heterocycles. The zero-order valence-electron chi connectivity index (χ0n) is 14.9. The fourth-order valence-corrected chi connectivity index (χ4v) is 3.27. The summed E-state index contributed by atoms with van der Waals surface area (Å²) in [5.74, 6) is -0.677. The standard InChI is InChI=1S/C20H22N2O3/c1-5-22-12(2)10-16(13(22)3)20(24)25-14(4)19(23)17-11-21-18-9-7-6-8-15(17)18/h6-11,14,21H,5H2,1-4H3/t14-/m0/s1. The van der Waals surface area contributed by atoms with Crippen LogP contribution in [0.2, 0.25) is 0 Å². The number of aromatic nitrogens is 2. The number of Topliss-reactive ketones (excluding diaryl/α,β-unsaturated/α-hetero) is 1. The molecule has 3 rings (SSSR count). The van der Waals surface area contributed by atoms with Crippen molar-refractivity contribution in [1.29, 1.82) is 0 Å². The van der Waals surface area contributed by atoms with Gasteiger partial charge in [0.15, 0.2) is 6.10 Å². The Bertz CT molecular complexity index is 949. The first-order chi connectivity index (χ1) is 11.9. The molecule has 5 nitrogen and oxygen atoms in total. The number of rotatable bonds is 5. The monoisotopic (exact) mass is 338 g/mol. The molecular weight excluding hydrogens is 316 g/mol. The second-order valence-electron chi connectivity index (χ2n) is 6.19. The van der Waals surface area contributed by atoms with Gasteiger partial charge in [0.05, 0.1) is 5.56 Å². The average molecular weight is 338 g/mol. The zero-order chi connectivity index (χ0) is 18.1. The normalized spacial score (nSPS) is 12.3. The van der Waals surface area contributed by atoms with Crippen molar-refractivity contribution in [3.63, 3.8) is 0 Å². The number of nitrogens with zero attached hydrogens (tertiary/aromatic N) is 1. The molecule has 0 aliphatic rings. The van der Waals surface area contributed by atoms with E-state index in [4.69, 9.17) is 4.74 Å². The molecule has 0 saturated carbocycles. The van der Waals surface area contributed by atoms with Crippen LogP contribution in [0.15, 0.2) is 36.5 Å². The average Bonchev–Trinajstić information content (AvgIpc) is 3.15. The van der Waals surface area contributed by atoms with Gasteiger partial charge in [-0.05, 0) is 39.8 Å². The van der Waals surface area contributed by atoms with Gasteiger partial charge < -0.3 is 14.3 Å². The molecule has 0 radical (unpaired) electrons. The minimum absolute atomic E-state index is 0.213. The second kappa shape index (κ2) is 6.59. The van der Waals surface area contributed by atoms with Crippen LogP contribution in [0.5, 0.6) is 0 Å². The van der Waals surface area contributed by atoms with Crippen molar-refractivity contribution in [3.05, 3.63) is 59.0 Å². The number of hydrogen-bond donors (Lipinski definition) is 1. The summed E-state index contributed by atoms with van der Waals surface area (Å²) in [6.45, 7) is 8.26. The van der Waals surface area contributed by atoms with Crippen molar-refractivity contribution in [2.75, 3.05) is 0 Å². The summed E-state index contributed by atoms with van der Waals surface area (Å²) in [5, 5.41) is 0.833. The largest absolute Gasteiger partial charge is 0.451 e. The van der Waals surface area contributed by atoms with Gasteiger partial charge in [0.1, 0.15) is 0 Å². The Hall–Kier alpha value is -2.82. The van der Waals surface area contributed by atoms with Gasteiger partial charge in [0, 0.05) is 40.6 Å². The molecule has 0 fully saturated rings. The number of esters is 1. The van der Waals surface area contributed by atoms with Gasteiger partial charge in [-0.2, -0.15) is 0 Å². The van der Waals surface area contributed by atoms with Crippen LogP contribution in [0.4, 0.5) is 0 Å². The number of hydrogen-bond acceptors (Lipinski definition) is 3. The Kier molecular flexibility index (Phi) is 4.49. The van der Waals surface area contributed by atoms with Crippen molar-refractivity contribution >= 4 is 22.7 Å². The molecule has 2 heterocycles. The Morgan fingerprint density at radius 1 is 1.20 bits per heavy atom. The van der Waals surface area contributed by atoms with E-state index in [1.807, 2.05) is 55.7 Å². The van der Waals surface area contributed by atoms with Crippen LogP contribution in [0.25, 0.3) is 10.9 Å². The molecule has 25 heavy (non-hydrogen) atoms. The van der Waals surface area contributed by atoms with Crippen LogP contribution >= 0.6 is 0 Å². The predicted octanol–water partition coefficient (Wildman–Crippen LogP) is 4.03.